The van der Waals surface area contributed by atoms with E-state index in [-0.39, 0.29) is 41.0 Å². The molecule has 0 aromatic carbocycles. The van der Waals surface area contributed by atoms with Gasteiger partial charge < -0.3 is 19.6 Å². The minimum absolute atomic E-state index is 0.0350. The fourth-order valence-electron chi connectivity index (χ4n) is 5.80. The first-order valence-electron chi connectivity index (χ1n) is 11.8. The average molecular weight is 558 g/mol. The van der Waals surface area contributed by atoms with Crippen molar-refractivity contribution in [3.8, 4) is 0 Å². The summed E-state index contributed by atoms with van der Waals surface area (Å²) in [6.07, 6.45) is 3.78. The summed E-state index contributed by atoms with van der Waals surface area (Å²) in [6, 6.07) is -1.33. The summed E-state index contributed by atoms with van der Waals surface area (Å²) in [4.78, 5) is 44.8. The minimum atomic E-state index is -0.795. The minimum Gasteiger partial charge on any atom is -0.461 e. The molecule has 2 bridgehead atoms. The quantitative estimate of drug-likeness (QED) is 0.267. The fraction of sp³-hybridized carbons (Fsp3) is 0.720. The summed E-state index contributed by atoms with van der Waals surface area (Å²) in [6.45, 7) is 17.3. The highest BCUT2D eigenvalue weighted by atomic mass is 79.9. The number of aliphatic hydroxyl groups excluding tert-OH is 1. The Morgan fingerprint density at radius 3 is 2.50 bits per heavy atom. The Morgan fingerprint density at radius 1 is 1.35 bits per heavy atom. The van der Waals surface area contributed by atoms with Crippen LogP contribution in [-0.4, -0.2) is 84.9 Å². The summed E-state index contributed by atoms with van der Waals surface area (Å²) in [5.41, 5.74) is -0.501. The molecule has 190 valence electrons. The molecule has 0 aromatic rings. The summed E-state index contributed by atoms with van der Waals surface area (Å²) in [7, 11) is 0. The molecule has 0 aromatic heterocycles. The van der Waals surface area contributed by atoms with Gasteiger partial charge >= 0.3 is 5.97 Å². The Hall–Kier alpha value is -1.32. The summed E-state index contributed by atoms with van der Waals surface area (Å²) in [5, 5.41) is 10.1. The van der Waals surface area contributed by atoms with Gasteiger partial charge in [-0.1, -0.05) is 48.5 Å². The van der Waals surface area contributed by atoms with Gasteiger partial charge in [0.05, 0.1) is 29.2 Å². The molecule has 3 unspecified atom stereocenters. The van der Waals surface area contributed by atoms with Crippen LogP contribution in [0.3, 0.4) is 0 Å². The molecule has 0 saturated carbocycles. The molecule has 2 amide bonds. The molecule has 34 heavy (non-hydrogen) atoms. The molecule has 7 atom stereocenters. The van der Waals surface area contributed by atoms with E-state index in [9.17, 15) is 19.5 Å². The first-order valence-corrected chi connectivity index (χ1v) is 13.6. The zero-order valence-electron chi connectivity index (χ0n) is 20.7. The summed E-state index contributed by atoms with van der Waals surface area (Å²) < 4.78 is 4.63. The van der Waals surface area contributed by atoms with Gasteiger partial charge in [-0.05, 0) is 33.1 Å². The fourth-order valence-corrected chi connectivity index (χ4v) is 9.38. The molecule has 1 N–H and O–H groups in total. The average Bonchev–Trinajstić information content (AvgIpc) is 3.33. The first kappa shape index (κ1) is 27.3. The number of aliphatic hydroxyl groups is 1. The van der Waals surface area contributed by atoms with Gasteiger partial charge in [-0.15, -0.1) is 18.3 Å². The molecule has 3 heterocycles. The molecule has 0 radical (unpaired) electrons. The van der Waals surface area contributed by atoms with Crippen LogP contribution in [0, 0.1) is 17.8 Å². The molecule has 3 aliphatic rings. The van der Waals surface area contributed by atoms with Crippen molar-refractivity contribution in [1.29, 1.82) is 0 Å². The smallest absolute Gasteiger partial charge is 0.311 e. The lowest BCUT2D eigenvalue weighted by atomic mass is 9.71. The van der Waals surface area contributed by atoms with Gasteiger partial charge in [0.25, 0.3) is 0 Å². The van der Waals surface area contributed by atoms with Crippen LogP contribution in [-0.2, 0) is 19.1 Å². The number of hydrogen-bond donors (Lipinski definition) is 1. The Bertz CT molecular complexity index is 859. The van der Waals surface area contributed by atoms with E-state index in [1.807, 2.05) is 34.6 Å². The lowest BCUT2D eigenvalue weighted by Crippen LogP contribution is -2.61. The van der Waals surface area contributed by atoms with Crippen LogP contribution in [0.2, 0.25) is 0 Å². The van der Waals surface area contributed by atoms with E-state index in [0.29, 0.717) is 13.0 Å². The Kier molecular flexibility index (Phi) is 8.00. The largest absolute Gasteiger partial charge is 0.461 e. The van der Waals surface area contributed by atoms with E-state index in [4.69, 9.17) is 4.74 Å². The molecule has 3 fully saturated rings. The number of thioether (sulfide) groups is 1. The van der Waals surface area contributed by atoms with E-state index in [0.717, 1.165) is 0 Å². The maximum atomic E-state index is 14.3. The number of likely N-dealkylation sites (tertiary alicyclic amines) is 1. The van der Waals surface area contributed by atoms with Crippen molar-refractivity contribution in [1.82, 2.24) is 9.80 Å². The van der Waals surface area contributed by atoms with Crippen LogP contribution in [0.4, 0.5) is 0 Å². The van der Waals surface area contributed by atoms with Crippen molar-refractivity contribution in [3.05, 3.63) is 25.3 Å². The van der Waals surface area contributed by atoms with E-state index >= 15 is 0 Å². The highest BCUT2D eigenvalue weighted by Crippen LogP contribution is 2.68. The van der Waals surface area contributed by atoms with E-state index in [1.165, 1.54) is 6.08 Å². The lowest BCUT2D eigenvalue weighted by molar-refractivity contribution is -0.154. The van der Waals surface area contributed by atoms with Gasteiger partial charge in [0.15, 0.2) is 0 Å². The van der Waals surface area contributed by atoms with Crippen LogP contribution in [0.15, 0.2) is 25.3 Å². The summed E-state index contributed by atoms with van der Waals surface area (Å²) >= 11 is 5.31. The van der Waals surface area contributed by atoms with Gasteiger partial charge in [-0.3, -0.25) is 14.4 Å². The van der Waals surface area contributed by atoms with Gasteiger partial charge in [-0.25, -0.2) is 0 Å². The van der Waals surface area contributed by atoms with E-state index in [1.54, 1.807) is 27.6 Å². The Balaban J connectivity index is 2.16. The van der Waals surface area contributed by atoms with Crippen LogP contribution in [0.5, 0.6) is 0 Å². The van der Waals surface area contributed by atoms with E-state index in [2.05, 4.69) is 29.1 Å². The highest BCUT2D eigenvalue weighted by molar-refractivity contribution is 9.09. The number of alkyl halides is 1. The molecule has 3 rings (SSSR count). The SMILES string of the molecule is C=CCOC(=O)[C@H]1[C@H]2C(=O)N([C@@H](CO)C(C)C)C(C(=O)N(CC=C)C(C)(C)C)C23CC(Br)[C@@H]1S3. The first-order chi connectivity index (χ1) is 15.9. The number of nitrogens with zero attached hydrogens (tertiary/aromatic N) is 2. The van der Waals surface area contributed by atoms with Crippen LogP contribution < -0.4 is 0 Å². The number of rotatable bonds is 9. The zero-order valence-corrected chi connectivity index (χ0v) is 23.1. The Morgan fingerprint density at radius 2 is 2.00 bits per heavy atom. The molecule has 3 aliphatic heterocycles. The van der Waals surface area contributed by atoms with Crippen molar-refractivity contribution < 1.29 is 24.2 Å². The van der Waals surface area contributed by atoms with Crippen LogP contribution in [0.1, 0.15) is 41.0 Å². The second-order valence-corrected chi connectivity index (χ2v) is 13.4. The van der Waals surface area contributed by atoms with Crippen molar-refractivity contribution in [2.75, 3.05) is 19.8 Å². The molecular weight excluding hydrogens is 520 g/mol. The lowest BCUT2D eigenvalue weighted by Gasteiger charge is -2.44. The maximum absolute atomic E-state index is 14.3. The number of carbonyl (C=O) groups excluding carboxylic acids is 3. The number of ether oxygens (including phenoxy) is 1. The van der Waals surface area contributed by atoms with Gasteiger partial charge in [-0.2, -0.15) is 0 Å². The number of fused-ring (bicyclic) bond motifs is 1. The molecule has 1 spiro atoms. The molecule has 9 heteroatoms. The summed E-state index contributed by atoms with van der Waals surface area (Å²) in [5.74, 6) is -2.26. The second kappa shape index (κ2) is 9.97. The number of esters is 1. The number of carbonyl (C=O) groups is 3. The number of halogens is 1. The highest BCUT2D eigenvalue weighted by Gasteiger charge is 2.77. The third-order valence-electron chi connectivity index (χ3n) is 7.28. The Labute approximate surface area is 215 Å². The van der Waals surface area contributed by atoms with Gasteiger partial charge in [0.2, 0.25) is 11.8 Å². The zero-order chi connectivity index (χ0) is 25.6. The molecule has 7 nitrogen and oxygen atoms in total. The van der Waals surface area contributed by atoms with Gasteiger partial charge in [0.1, 0.15) is 12.6 Å². The predicted molar refractivity (Wildman–Crippen MR) is 138 cm³/mol. The van der Waals surface area contributed by atoms with Crippen molar-refractivity contribution in [2.24, 2.45) is 17.8 Å². The normalized spacial score (nSPS) is 33.1. The molecular formula is C25H37BrN2O5S. The molecule has 0 aliphatic carbocycles. The molecule has 3 saturated heterocycles. The predicted octanol–water partition coefficient (Wildman–Crippen LogP) is 3.01. The maximum Gasteiger partial charge on any atom is 0.311 e. The van der Waals surface area contributed by atoms with Crippen molar-refractivity contribution >= 4 is 45.5 Å². The van der Waals surface area contributed by atoms with Crippen LogP contribution >= 0.6 is 27.7 Å². The van der Waals surface area contributed by atoms with Crippen LogP contribution in [0.25, 0.3) is 0 Å². The standard InChI is InChI=1S/C25H37BrN2O5S/c1-8-10-27(24(5,6)7)22(31)20-25-12-15(26)19(34-25)17(23(32)33-11-9-2)18(25)21(30)28(20)16(13-29)14(3)4/h8-9,14-20,29H,1-2,10-13H2,3-7H3/t15?,16-,17-,18-,19-,20?,25?/m0/s1. The topological polar surface area (TPSA) is 87.1 Å². The van der Waals surface area contributed by atoms with Crippen molar-refractivity contribution in [2.45, 2.75) is 73.5 Å². The van der Waals surface area contributed by atoms with Gasteiger partial charge in [0, 0.05) is 22.2 Å². The second-order valence-electron chi connectivity index (χ2n) is 10.7. The third-order valence-corrected chi connectivity index (χ3v) is 10.5. The monoisotopic (exact) mass is 556 g/mol. The third kappa shape index (κ3) is 4.26. The van der Waals surface area contributed by atoms with E-state index < -0.39 is 40.2 Å². The number of hydrogen-bond acceptors (Lipinski definition) is 6. The van der Waals surface area contributed by atoms with Crippen molar-refractivity contribution in [3.63, 3.8) is 0 Å². The number of amides is 2.